The van der Waals surface area contributed by atoms with E-state index in [1.807, 2.05) is 13.8 Å². The molecule has 0 spiro atoms. The van der Waals surface area contributed by atoms with Gasteiger partial charge in [0.25, 0.3) is 0 Å². The molecule has 1 atom stereocenters. The van der Waals surface area contributed by atoms with Crippen LogP contribution in [0.2, 0.25) is 0 Å². The van der Waals surface area contributed by atoms with Gasteiger partial charge in [0.1, 0.15) is 5.75 Å². The maximum absolute atomic E-state index is 13.4. The van der Waals surface area contributed by atoms with E-state index in [0.29, 0.717) is 16.8 Å². The van der Waals surface area contributed by atoms with Crippen molar-refractivity contribution in [3.05, 3.63) is 90.0 Å². The van der Waals surface area contributed by atoms with Crippen molar-refractivity contribution in [3.63, 3.8) is 0 Å². The summed E-state index contributed by atoms with van der Waals surface area (Å²) < 4.78 is 25.8. The number of phenolic OH excluding ortho intramolecular Hbond substituents is 1. The lowest BCUT2D eigenvalue weighted by Crippen LogP contribution is -2.43. The van der Waals surface area contributed by atoms with Crippen LogP contribution >= 0.6 is 0 Å². The Morgan fingerprint density at radius 2 is 1.45 bits per heavy atom. The van der Waals surface area contributed by atoms with Crippen LogP contribution < -0.4 is 4.90 Å². The molecule has 7 heteroatoms. The summed E-state index contributed by atoms with van der Waals surface area (Å²) in [6.07, 6.45) is 0.205. The molecule has 0 saturated carbocycles. The number of carbonyl (C=O) groups excluding carboxylic acids is 1. The molecule has 1 amide bonds. The molecule has 0 aliphatic heterocycles. The Morgan fingerprint density at radius 3 is 2.03 bits per heavy atom. The highest BCUT2D eigenvalue weighted by Gasteiger charge is 2.28. The van der Waals surface area contributed by atoms with Crippen LogP contribution in [0.25, 0.3) is 0 Å². The first-order chi connectivity index (χ1) is 15.7. The second-order valence-corrected chi connectivity index (χ2v) is 10.2. The van der Waals surface area contributed by atoms with Crippen molar-refractivity contribution in [1.82, 2.24) is 0 Å². The lowest BCUT2D eigenvalue weighted by molar-refractivity contribution is -0.123. The zero-order valence-electron chi connectivity index (χ0n) is 18.8. The molecule has 1 unspecified atom stereocenters. The number of phenols is 1. The number of aliphatic hydroxyl groups excluding tert-OH is 1. The molecule has 0 saturated heterocycles. The van der Waals surface area contributed by atoms with Gasteiger partial charge in [0, 0.05) is 11.7 Å². The number of rotatable bonds is 9. The van der Waals surface area contributed by atoms with Crippen LogP contribution in [0.1, 0.15) is 25.0 Å². The quantitative estimate of drug-likeness (QED) is 0.497. The molecule has 0 radical (unpaired) electrons. The number of sulfone groups is 1. The zero-order chi connectivity index (χ0) is 24.0. The average Bonchev–Trinajstić information content (AvgIpc) is 2.80. The highest BCUT2D eigenvalue weighted by Crippen LogP contribution is 2.26. The number of benzene rings is 3. The fourth-order valence-corrected chi connectivity index (χ4v) is 5.23. The summed E-state index contributed by atoms with van der Waals surface area (Å²) in [7, 11) is -3.56. The van der Waals surface area contributed by atoms with E-state index < -0.39 is 15.8 Å². The zero-order valence-corrected chi connectivity index (χ0v) is 19.6. The normalized spacial score (nSPS) is 12.5. The van der Waals surface area contributed by atoms with E-state index in [9.17, 15) is 23.4 Å². The first-order valence-corrected chi connectivity index (χ1v) is 12.5. The van der Waals surface area contributed by atoms with Crippen molar-refractivity contribution in [3.8, 4) is 5.75 Å². The number of anilines is 1. The summed E-state index contributed by atoms with van der Waals surface area (Å²) in [4.78, 5) is 15.2. The third-order valence-corrected chi connectivity index (χ3v) is 7.17. The van der Waals surface area contributed by atoms with Crippen molar-refractivity contribution in [2.24, 2.45) is 5.92 Å². The molecule has 0 fully saturated rings. The molecular formula is C26H29NO5S. The van der Waals surface area contributed by atoms with Crippen LogP contribution in [0.4, 0.5) is 5.69 Å². The first-order valence-electron chi connectivity index (χ1n) is 10.8. The van der Waals surface area contributed by atoms with Gasteiger partial charge in [-0.3, -0.25) is 4.79 Å². The fraction of sp³-hybridized carbons (Fsp3) is 0.269. The number of carbonyl (C=O) groups is 1. The van der Waals surface area contributed by atoms with Gasteiger partial charge in [-0.1, -0.05) is 42.5 Å². The second-order valence-electron chi connectivity index (χ2n) is 8.24. The van der Waals surface area contributed by atoms with Gasteiger partial charge in [-0.25, -0.2) is 8.42 Å². The highest BCUT2D eigenvalue weighted by atomic mass is 32.2. The Bertz CT molecular complexity index is 1170. The molecular weight excluding hydrogens is 438 g/mol. The molecule has 0 bridgehead atoms. The van der Waals surface area contributed by atoms with Crippen molar-refractivity contribution in [1.29, 1.82) is 0 Å². The molecule has 0 aliphatic rings. The van der Waals surface area contributed by atoms with Crippen molar-refractivity contribution >= 4 is 21.4 Å². The van der Waals surface area contributed by atoms with Gasteiger partial charge >= 0.3 is 0 Å². The molecule has 3 rings (SSSR count). The Labute approximate surface area is 195 Å². The molecule has 174 valence electrons. The molecule has 0 aromatic heterocycles. The average molecular weight is 468 g/mol. The van der Waals surface area contributed by atoms with E-state index in [4.69, 9.17) is 0 Å². The number of hydrogen-bond donors (Lipinski definition) is 2. The van der Waals surface area contributed by atoms with Crippen LogP contribution in [0.3, 0.4) is 0 Å². The van der Waals surface area contributed by atoms with Gasteiger partial charge in [-0.15, -0.1) is 0 Å². The van der Waals surface area contributed by atoms with E-state index >= 15 is 0 Å². The monoisotopic (exact) mass is 467 g/mol. The summed E-state index contributed by atoms with van der Waals surface area (Å²) in [6.45, 7) is 3.37. The minimum Gasteiger partial charge on any atom is -0.508 e. The minimum absolute atomic E-state index is 0.0992. The van der Waals surface area contributed by atoms with Gasteiger partial charge < -0.3 is 15.1 Å². The molecule has 0 heterocycles. The number of amides is 1. The highest BCUT2D eigenvalue weighted by molar-refractivity contribution is 7.90. The molecule has 3 aromatic carbocycles. The summed E-state index contributed by atoms with van der Waals surface area (Å²) in [5.41, 5.74) is 1.93. The molecule has 6 nitrogen and oxygen atoms in total. The Hall–Kier alpha value is -3.16. The van der Waals surface area contributed by atoms with E-state index in [0.717, 1.165) is 0 Å². The van der Waals surface area contributed by atoms with Gasteiger partial charge in [-0.2, -0.15) is 0 Å². The summed E-state index contributed by atoms with van der Waals surface area (Å²) in [6, 6.07) is 21.5. The van der Waals surface area contributed by atoms with E-state index in [1.165, 1.54) is 12.1 Å². The third-order valence-electron chi connectivity index (χ3n) is 5.48. The number of hydrogen-bond acceptors (Lipinski definition) is 5. The Morgan fingerprint density at radius 1 is 0.879 bits per heavy atom. The fourth-order valence-electron chi connectivity index (χ4n) is 3.80. The summed E-state index contributed by atoms with van der Waals surface area (Å²) in [5, 5.41) is 19.7. The summed E-state index contributed by atoms with van der Waals surface area (Å²) >= 11 is 0. The topological polar surface area (TPSA) is 94.9 Å². The van der Waals surface area contributed by atoms with Crippen molar-refractivity contribution < 1.29 is 23.4 Å². The van der Waals surface area contributed by atoms with E-state index in [2.05, 4.69) is 0 Å². The van der Waals surface area contributed by atoms with Crippen LogP contribution in [-0.2, 0) is 26.8 Å². The largest absolute Gasteiger partial charge is 0.508 e. The standard InChI is InChI=1S/C26H29NO5S/c1-19(2)27(23-12-14-24(29)15-13-23)26(30)22(17-28)16-20-8-6-7-9-21(20)18-33(31,32)25-10-4-3-5-11-25/h3-15,19,22,28-29H,16-18H2,1-2H3. The van der Waals surface area contributed by atoms with Crippen molar-refractivity contribution in [2.45, 2.75) is 37.0 Å². The van der Waals surface area contributed by atoms with Gasteiger partial charge in [0.15, 0.2) is 9.84 Å². The van der Waals surface area contributed by atoms with Gasteiger partial charge in [-0.05, 0) is 67.8 Å². The molecule has 3 aromatic rings. The van der Waals surface area contributed by atoms with E-state index in [1.54, 1.807) is 71.6 Å². The van der Waals surface area contributed by atoms with Crippen LogP contribution in [-0.4, -0.2) is 37.2 Å². The third kappa shape index (κ3) is 6.00. The smallest absolute Gasteiger partial charge is 0.232 e. The summed E-state index contributed by atoms with van der Waals surface area (Å²) in [5.74, 6) is -1.10. The van der Waals surface area contributed by atoms with Crippen LogP contribution in [0.5, 0.6) is 5.75 Å². The SMILES string of the molecule is CC(C)N(C(=O)C(CO)Cc1ccccc1CS(=O)(=O)c1ccccc1)c1ccc(O)cc1. The van der Waals surface area contributed by atoms with Crippen LogP contribution in [0.15, 0.2) is 83.8 Å². The Balaban J connectivity index is 1.87. The molecule has 2 N–H and O–H groups in total. The Kier molecular flexibility index (Phi) is 7.89. The minimum atomic E-state index is -3.56. The van der Waals surface area contributed by atoms with Gasteiger partial charge in [0.05, 0.1) is 23.2 Å². The maximum Gasteiger partial charge on any atom is 0.232 e. The van der Waals surface area contributed by atoms with Gasteiger partial charge in [0.2, 0.25) is 5.91 Å². The maximum atomic E-state index is 13.4. The molecule has 33 heavy (non-hydrogen) atoms. The predicted octanol–water partition coefficient (Wildman–Crippen LogP) is 3.96. The van der Waals surface area contributed by atoms with Crippen molar-refractivity contribution in [2.75, 3.05) is 11.5 Å². The first kappa shape index (κ1) is 24.5. The lowest BCUT2D eigenvalue weighted by Gasteiger charge is -2.30. The second kappa shape index (κ2) is 10.6. The number of nitrogens with zero attached hydrogens (tertiary/aromatic N) is 1. The predicted molar refractivity (Wildman–Crippen MR) is 129 cm³/mol. The lowest BCUT2D eigenvalue weighted by atomic mass is 9.95. The van der Waals surface area contributed by atoms with Crippen LogP contribution in [0, 0.1) is 5.92 Å². The number of aromatic hydroxyl groups is 1. The molecule has 0 aliphatic carbocycles. The number of aliphatic hydroxyl groups is 1. The van der Waals surface area contributed by atoms with E-state index in [-0.39, 0.29) is 41.4 Å².